The second-order valence-electron chi connectivity index (χ2n) is 9.56. The number of likely N-dealkylation sites (N-methyl/N-ethyl adjacent to an activating group) is 1. The third-order valence-electron chi connectivity index (χ3n) is 6.80. The van der Waals surface area contributed by atoms with E-state index in [0.717, 1.165) is 54.3 Å². The average molecular weight is 520 g/mol. The summed E-state index contributed by atoms with van der Waals surface area (Å²) in [6.07, 6.45) is 0. The van der Waals surface area contributed by atoms with E-state index in [2.05, 4.69) is 32.4 Å². The number of aromatic nitrogens is 2. The number of hydrogen-bond acceptors (Lipinski definition) is 6. The van der Waals surface area contributed by atoms with Crippen LogP contribution in [-0.2, 0) is 0 Å². The summed E-state index contributed by atoms with van der Waals surface area (Å²) in [6, 6.07) is 30.4. The van der Waals surface area contributed by atoms with Crippen LogP contribution in [0, 0.1) is 0 Å². The number of benzene rings is 4. The lowest BCUT2D eigenvalue weighted by Gasteiger charge is -2.34. The maximum atomic E-state index is 13.0. The van der Waals surface area contributed by atoms with Gasteiger partial charge in [0.05, 0.1) is 5.52 Å². The van der Waals surface area contributed by atoms with Crippen molar-refractivity contribution in [3.63, 3.8) is 0 Å². The van der Waals surface area contributed by atoms with Crippen LogP contribution in [-0.4, -0.2) is 54.2 Å². The second-order valence-corrected chi connectivity index (χ2v) is 9.56. The largest absolute Gasteiger partial charge is 0.457 e. The lowest BCUT2D eigenvalue weighted by Crippen LogP contribution is -2.44. The molecule has 8 nitrogen and oxygen atoms in total. The van der Waals surface area contributed by atoms with Crippen molar-refractivity contribution in [3.05, 3.63) is 103 Å². The Kier molecular flexibility index (Phi) is 6.84. The summed E-state index contributed by atoms with van der Waals surface area (Å²) in [5, 5.41) is 11.0. The molecule has 2 heterocycles. The molecule has 1 aromatic heterocycles. The van der Waals surface area contributed by atoms with Crippen molar-refractivity contribution in [2.75, 3.05) is 43.4 Å². The van der Waals surface area contributed by atoms with Crippen molar-refractivity contribution >= 4 is 28.3 Å². The van der Waals surface area contributed by atoms with Crippen LogP contribution < -0.4 is 19.7 Å². The number of nitrogens with zero attached hydrogens (tertiary/aromatic N) is 3. The predicted molar refractivity (Wildman–Crippen MR) is 153 cm³/mol. The molecule has 4 aromatic carbocycles. The Morgan fingerprint density at radius 1 is 0.769 bits per heavy atom. The fraction of sp³-hybridized carbons (Fsp3) is 0.161. The molecule has 0 spiro atoms. The van der Waals surface area contributed by atoms with Gasteiger partial charge in [0.2, 0.25) is 0 Å². The van der Waals surface area contributed by atoms with Gasteiger partial charge in [0.25, 0.3) is 5.91 Å². The first-order chi connectivity index (χ1) is 19.1. The maximum Gasteiger partial charge on any atom is 0.256 e. The van der Waals surface area contributed by atoms with Gasteiger partial charge in [-0.25, -0.2) is 0 Å². The highest BCUT2D eigenvalue weighted by Gasteiger charge is 2.16. The normalized spacial score (nSPS) is 13.8. The van der Waals surface area contributed by atoms with Crippen molar-refractivity contribution in [1.29, 1.82) is 0 Å². The van der Waals surface area contributed by atoms with E-state index in [-0.39, 0.29) is 5.91 Å². The molecular weight excluding hydrogens is 490 g/mol. The summed E-state index contributed by atoms with van der Waals surface area (Å²) in [4.78, 5) is 17.7. The highest BCUT2D eigenvalue weighted by atomic mass is 16.5. The molecule has 1 aliphatic heterocycles. The molecule has 1 aliphatic rings. The van der Waals surface area contributed by atoms with E-state index in [1.54, 1.807) is 0 Å². The lowest BCUT2D eigenvalue weighted by molar-refractivity contribution is 0.102. The minimum atomic E-state index is -0.214. The topological polar surface area (TPSA) is 82.7 Å². The van der Waals surface area contributed by atoms with Crippen molar-refractivity contribution in [3.8, 4) is 23.0 Å². The summed E-state index contributed by atoms with van der Waals surface area (Å²) < 4.78 is 11.9. The van der Waals surface area contributed by atoms with Crippen LogP contribution in [0.25, 0.3) is 10.9 Å². The molecule has 0 saturated carbocycles. The average Bonchev–Trinajstić information content (AvgIpc) is 3.37. The highest BCUT2D eigenvalue weighted by molar-refractivity contribution is 6.08. The molecule has 6 rings (SSSR count). The Balaban J connectivity index is 1.12. The van der Waals surface area contributed by atoms with E-state index < -0.39 is 0 Å². The molecule has 0 aliphatic carbocycles. The van der Waals surface area contributed by atoms with Gasteiger partial charge in [-0.05, 0) is 85.9 Å². The minimum absolute atomic E-state index is 0.214. The third kappa shape index (κ3) is 5.71. The standard InChI is InChI=1S/C31H29N5O3/c1-35-17-19-36(20-18-35)23-9-7-22(8-10-23)31(37)32-30-28-21-27(15-16-29(28)33-34-30)39-26-13-11-25(12-14-26)38-24-5-3-2-4-6-24/h2-16,21H,17-20H2,1H3,(H2,32,33,34,37). The SMILES string of the molecule is CN1CCN(c2ccc(C(=O)Nc3n[nH]c4ccc(Oc5ccc(Oc6ccccc6)cc5)cc34)cc2)CC1. The highest BCUT2D eigenvalue weighted by Crippen LogP contribution is 2.30. The predicted octanol–water partition coefficient (Wildman–Crippen LogP) is 6.15. The number of carbonyl (C=O) groups excluding carboxylic acids is 1. The molecular formula is C31H29N5O3. The number of ether oxygens (including phenoxy) is 2. The molecule has 0 radical (unpaired) electrons. The summed E-state index contributed by atoms with van der Waals surface area (Å²) in [6.45, 7) is 4.04. The van der Waals surface area contributed by atoms with Gasteiger partial charge < -0.3 is 24.6 Å². The number of carbonyl (C=O) groups is 1. The first-order valence-electron chi connectivity index (χ1n) is 12.9. The molecule has 1 fully saturated rings. The van der Waals surface area contributed by atoms with E-state index in [4.69, 9.17) is 9.47 Å². The number of piperazine rings is 1. The maximum absolute atomic E-state index is 13.0. The number of amides is 1. The number of aromatic amines is 1. The number of nitrogens with one attached hydrogen (secondary N) is 2. The van der Waals surface area contributed by atoms with E-state index in [0.29, 0.717) is 22.9 Å². The van der Waals surface area contributed by atoms with Gasteiger partial charge in [0.1, 0.15) is 23.0 Å². The Morgan fingerprint density at radius 2 is 1.38 bits per heavy atom. The van der Waals surface area contributed by atoms with Gasteiger partial charge in [-0.15, -0.1) is 0 Å². The monoisotopic (exact) mass is 519 g/mol. The van der Waals surface area contributed by atoms with Crippen LogP contribution in [0.4, 0.5) is 11.5 Å². The molecule has 0 unspecified atom stereocenters. The molecule has 8 heteroatoms. The fourth-order valence-corrected chi connectivity index (χ4v) is 4.56. The van der Waals surface area contributed by atoms with Gasteiger partial charge in [-0.1, -0.05) is 18.2 Å². The number of rotatable bonds is 7. The van der Waals surface area contributed by atoms with Gasteiger partial charge in [-0.2, -0.15) is 5.10 Å². The van der Waals surface area contributed by atoms with Gasteiger partial charge >= 0.3 is 0 Å². The fourth-order valence-electron chi connectivity index (χ4n) is 4.56. The Morgan fingerprint density at radius 3 is 2.08 bits per heavy atom. The first kappa shape index (κ1) is 24.5. The molecule has 1 amide bonds. The van der Waals surface area contributed by atoms with Gasteiger partial charge in [0.15, 0.2) is 5.82 Å². The van der Waals surface area contributed by atoms with E-state index in [9.17, 15) is 4.79 Å². The zero-order valence-corrected chi connectivity index (χ0v) is 21.6. The Labute approximate surface area is 226 Å². The second kappa shape index (κ2) is 10.9. The summed E-state index contributed by atoms with van der Waals surface area (Å²) in [5.74, 6) is 3.04. The zero-order chi connectivity index (χ0) is 26.6. The van der Waals surface area contributed by atoms with Crippen LogP contribution in [0.1, 0.15) is 10.4 Å². The van der Waals surface area contributed by atoms with Crippen LogP contribution in [0.3, 0.4) is 0 Å². The number of para-hydroxylation sites is 1. The zero-order valence-electron chi connectivity index (χ0n) is 21.6. The molecule has 1 saturated heterocycles. The van der Waals surface area contributed by atoms with E-state index >= 15 is 0 Å². The first-order valence-corrected chi connectivity index (χ1v) is 12.9. The summed E-state index contributed by atoms with van der Waals surface area (Å²) >= 11 is 0. The number of H-pyrrole nitrogens is 1. The Hall–Kier alpha value is -4.82. The summed E-state index contributed by atoms with van der Waals surface area (Å²) in [5.41, 5.74) is 2.51. The smallest absolute Gasteiger partial charge is 0.256 e. The van der Waals surface area contributed by atoms with E-state index in [1.165, 1.54) is 0 Å². The minimum Gasteiger partial charge on any atom is -0.457 e. The van der Waals surface area contributed by atoms with Crippen molar-refractivity contribution < 1.29 is 14.3 Å². The number of hydrogen-bond donors (Lipinski definition) is 2. The van der Waals surface area contributed by atoms with Crippen molar-refractivity contribution in [1.82, 2.24) is 15.1 Å². The molecule has 0 atom stereocenters. The molecule has 196 valence electrons. The molecule has 39 heavy (non-hydrogen) atoms. The van der Waals surface area contributed by atoms with Crippen LogP contribution in [0.15, 0.2) is 97.1 Å². The molecule has 2 N–H and O–H groups in total. The number of anilines is 2. The van der Waals surface area contributed by atoms with Gasteiger partial charge in [-0.3, -0.25) is 9.89 Å². The van der Waals surface area contributed by atoms with Crippen molar-refractivity contribution in [2.24, 2.45) is 0 Å². The quantitative estimate of drug-likeness (QED) is 0.268. The number of fused-ring (bicyclic) bond motifs is 1. The molecule has 5 aromatic rings. The summed E-state index contributed by atoms with van der Waals surface area (Å²) in [7, 11) is 2.14. The van der Waals surface area contributed by atoms with Crippen molar-refractivity contribution in [2.45, 2.75) is 0 Å². The molecule has 0 bridgehead atoms. The van der Waals surface area contributed by atoms with E-state index in [1.807, 2.05) is 97.1 Å². The lowest BCUT2D eigenvalue weighted by atomic mass is 10.1. The third-order valence-corrected chi connectivity index (χ3v) is 6.80. The van der Waals surface area contributed by atoms with Crippen LogP contribution >= 0.6 is 0 Å². The van der Waals surface area contributed by atoms with Crippen LogP contribution in [0.5, 0.6) is 23.0 Å². The van der Waals surface area contributed by atoms with Crippen LogP contribution in [0.2, 0.25) is 0 Å². The Bertz CT molecular complexity index is 1560. The van der Waals surface area contributed by atoms with Gasteiger partial charge in [0, 0.05) is 42.8 Å².